The summed E-state index contributed by atoms with van der Waals surface area (Å²) >= 11 is 0. The Morgan fingerprint density at radius 2 is 1.86 bits per heavy atom. The van der Waals surface area contributed by atoms with Crippen molar-refractivity contribution >= 4 is 16.6 Å². The zero-order chi connectivity index (χ0) is 15.2. The first kappa shape index (κ1) is 15.7. The zero-order valence-electron chi connectivity index (χ0n) is 13.6. The van der Waals surface area contributed by atoms with Crippen molar-refractivity contribution < 1.29 is 0 Å². The van der Waals surface area contributed by atoms with Gasteiger partial charge in [0.1, 0.15) is 5.82 Å². The summed E-state index contributed by atoms with van der Waals surface area (Å²) in [7, 11) is 2.18. The molecule has 0 atom stereocenters. The molecule has 2 aromatic heterocycles. The van der Waals surface area contributed by atoms with Crippen LogP contribution in [0, 0.1) is 0 Å². The largest absolute Gasteiger partial charge is 0.354 e. The van der Waals surface area contributed by atoms with Gasteiger partial charge >= 0.3 is 0 Å². The first-order valence-electron chi connectivity index (χ1n) is 7.95. The number of aryl methyl sites for hydroxylation is 1. The third kappa shape index (κ3) is 3.50. The van der Waals surface area contributed by atoms with Crippen LogP contribution in [-0.2, 0) is 6.42 Å². The van der Waals surface area contributed by atoms with Gasteiger partial charge in [0.25, 0.3) is 0 Å². The molecule has 0 unspecified atom stereocenters. The van der Waals surface area contributed by atoms with E-state index in [9.17, 15) is 0 Å². The highest BCUT2D eigenvalue weighted by atomic mass is 15.3. The van der Waals surface area contributed by atoms with Gasteiger partial charge in [-0.25, -0.2) is 4.98 Å². The van der Waals surface area contributed by atoms with E-state index in [1.165, 1.54) is 10.8 Å². The van der Waals surface area contributed by atoms with Crippen LogP contribution in [0.2, 0.25) is 0 Å². The molecule has 4 nitrogen and oxygen atoms in total. The lowest BCUT2D eigenvalue weighted by atomic mass is 10.1. The molecule has 114 valence electrons. The summed E-state index contributed by atoms with van der Waals surface area (Å²) < 4.78 is 0. The number of fused-ring (bicyclic) bond motifs is 1. The maximum absolute atomic E-state index is 4.85. The van der Waals surface area contributed by atoms with E-state index < -0.39 is 0 Å². The van der Waals surface area contributed by atoms with Crippen molar-refractivity contribution in [2.24, 2.45) is 0 Å². The van der Waals surface area contributed by atoms with E-state index in [-0.39, 0.29) is 0 Å². The molecule has 0 bridgehead atoms. The molecule has 2 aromatic rings. The summed E-state index contributed by atoms with van der Waals surface area (Å²) in [6, 6.07) is 4.23. The molecule has 0 spiro atoms. The van der Waals surface area contributed by atoms with Gasteiger partial charge in [-0.3, -0.25) is 4.98 Å². The average Bonchev–Trinajstić information content (AvgIpc) is 2.56. The van der Waals surface area contributed by atoms with Crippen LogP contribution < -0.4 is 4.90 Å². The molecule has 21 heavy (non-hydrogen) atoms. The number of piperazine rings is 1. The van der Waals surface area contributed by atoms with Crippen molar-refractivity contribution in [2.75, 3.05) is 38.1 Å². The van der Waals surface area contributed by atoms with E-state index >= 15 is 0 Å². The minimum Gasteiger partial charge on any atom is -0.354 e. The van der Waals surface area contributed by atoms with E-state index in [4.69, 9.17) is 4.98 Å². The lowest BCUT2D eigenvalue weighted by Crippen LogP contribution is -2.45. The Labute approximate surface area is 127 Å². The first-order chi connectivity index (χ1) is 10.3. The van der Waals surface area contributed by atoms with Crippen LogP contribution in [0.15, 0.2) is 24.5 Å². The quantitative estimate of drug-likeness (QED) is 0.849. The SMILES string of the molecule is CC.CCc1cc2cnccc2c(N2CCN(C)CC2)n1. The normalized spacial score (nSPS) is 15.7. The minimum atomic E-state index is 0.964. The molecular formula is C17H26N4. The van der Waals surface area contributed by atoms with Crippen molar-refractivity contribution in [3.8, 4) is 0 Å². The van der Waals surface area contributed by atoms with Crippen LogP contribution in [0.5, 0.6) is 0 Å². The smallest absolute Gasteiger partial charge is 0.136 e. The fourth-order valence-electron chi connectivity index (χ4n) is 2.57. The van der Waals surface area contributed by atoms with Gasteiger partial charge in [0.2, 0.25) is 0 Å². The number of likely N-dealkylation sites (N-methyl/N-ethyl adjacent to an activating group) is 1. The van der Waals surface area contributed by atoms with Gasteiger partial charge < -0.3 is 9.80 Å². The number of pyridine rings is 2. The molecule has 0 aliphatic carbocycles. The lowest BCUT2D eigenvalue weighted by Gasteiger charge is -2.34. The topological polar surface area (TPSA) is 32.3 Å². The van der Waals surface area contributed by atoms with Crippen molar-refractivity contribution in [3.05, 3.63) is 30.2 Å². The Morgan fingerprint density at radius 3 is 2.52 bits per heavy atom. The van der Waals surface area contributed by atoms with Crippen LogP contribution in [0.3, 0.4) is 0 Å². The van der Waals surface area contributed by atoms with E-state index in [0.717, 1.165) is 44.1 Å². The van der Waals surface area contributed by atoms with Gasteiger partial charge in [0.05, 0.1) is 0 Å². The average molecular weight is 286 g/mol. The molecule has 1 aliphatic heterocycles. The third-order valence-corrected chi connectivity index (χ3v) is 3.83. The van der Waals surface area contributed by atoms with E-state index in [1.54, 1.807) is 0 Å². The first-order valence-corrected chi connectivity index (χ1v) is 7.95. The Hall–Kier alpha value is -1.68. The standard InChI is InChI=1S/C15H20N4.C2H6/c1-3-13-10-12-11-16-5-4-14(12)15(17-13)19-8-6-18(2)7-9-19;1-2/h4-5,10-11H,3,6-9H2,1-2H3;1-2H3. The predicted octanol–water partition coefficient (Wildman–Crippen LogP) is 2.97. The molecular weight excluding hydrogens is 260 g/mol. The molecule has 0 aromatic carbocycles. The summed E-state index contributed by atoms with van der Waals surface area (Å²) in [4.78, 5) is 13.8. The monoisotopic (exact) mass is 286 g/mol. The van der Waals surface area contributed by atoms with Crippen LogP contribution in [-0.4, -0.2) is 48.1 Å². The second kappa shape index (κ2) is 7.36. The van der Waals surface area contributed by atoms with Crippen molar-refractivity contribution in [3.63, 3.8) is 0 Å². The van der Waals surface area contributed by atoms with Crippen LogP contribution in [0.4, 0.5) is 5.82 Å². The number of hydrogen-bond acceptors (Lipinski definition) is 4. The molecule has 0 saturated carbocycles. The van der Waals surface area contributed by atoms with Crippen molar-refractivity contribution in [1.82, 2.24) is 14.9 Å². The second-order valence-corrected chi connectivity index (χ2v) is 5.18. The van der Waals surface area contributed by atoms with Crippen LogP contribution >= 0.6 is 0 Å². The van der Waals surface area contributed by atoms with E-state index in [1.807, 2.05) is 26.2 Å². The molecule has 0 N–H and O–H groups in total. The van der Waals surface area contributed by atoms with Gasteiger partial charge in [-0.05, 0) is 25.6 Å². The Balaban J connectivity index is 0.000000774. The molecule has 3 rings (SSSR count). The van der Waals surface area contributed by atoms with Crippen molar-refractivity contribution in [1.29, 1.82) is 0 Å². The van der Waals surface area contributed by atoms with Crippen LogP contribution in [0.1, 0.15) is 26.5 Å². The maximum atomic E-state index is 4.85. The summed E-state index contributed by atoms with van der Waals surface area (Å²) in [5, 5.41) is 2.42. The summed E-state index contributed by atoms with van der Waals surface area (Å²) in [5.41, 5.74) is 1.15. The fourth-order valence-corrected chi connectivity index (χ4v) is 2.57. The predicted molar refractivity (Wildman–Crippen MR) is 90.0 cm³/mol. The molecule has 1 saturated heterocycles. The molecule has 4 heteroatoms. The zero-order valence-corrected chi connectivity index (χ0v) is 13.6. The summed E-state index contributed by atoms with van der Waals surface area (Å²) in [6.45, 7) is 10.5. The molecule has 3 heterocycles. The minimum absolute atomic E-state index is 0.964. The number of hydrogen-bond donors (Lipinski definition) is 0. The number of rotatable bonds is 2. The van der Waals surface area contributed by atoms with Gasteiger partial charge in [-0.15, -0.1) is 0 Å². The summed E-state index contributed by atoms with van der Waals surface area (Å²) in [5.74, 6) is 1.13. The Morgan fingerprint density at radius 1 is 1.14 bits per heavy atom. The number of anilines is 1. The van der Waals surface area contributed by atoms with Gasteiger partial charge in [-0.1, -0.05) is 20.8 Å². The van der Waals surface area contributed by atoms with Gasteiger partial charge in [0.15, 0.2) is 0 Å². The Kier molecular flexibility index (Phi) is 5.51. The highest BCUT2D eigenvalue weighted by Crippen LogP contribution is 2.26. The maximum Gasteiger partial charge on any atom is 0.136 e. The highest BCUT2D eigenvalue weighted by Gasteiger charge is 2.18. The van der Waals surface area contributed by atoms with Crippen LogP contribution in [0.25, 0.3) is 10.8 Å². The summed E-state index contributed by atoms with van der Waals surface area (Å²) in [6.07, 6.45) is 4.76. The van der Waals surface area contributed by atoms with E-state index in [2.05, 4.69) is 40.9 Å². The highest BCUT2D eigenvalue weighted by molar-refractivity contribution is 5.92. The molecule has 1 aliphatic rings. The van der Waals surface area contributed by atoms with Crippen molar-refractivity contribution in [2.45, 2.75) is 27.2 Å². The lowest BCUT2D eigenvalue weighted by molar-refractivity contribution is 0.312. The molecule has 0 radical (unpaired) electrons. The molecule has 1 fully saturated rings. The number of aromatic nitrogens is 2. The second-order valence-electron chi connectivity index (χ2n) is 5.18. The fraction of sp³-hybridized carbons (Fsp3) is 0.529. The third-order valence-electron chi connectivity index (χ3n) is 3.83. The van der Waals surface area contributed by atoms with E-state index in [0.29, 0.717) is 0 Å². The number of nitrogens with zero attached hydrogens (tertiary/aromatic N) is 4. The molecule has 0 amide bonds. The van der Waals surface area contributed by atoms with Gasteiger partial charge in [0, 0.05) is 55.0 Å². The van der Waals surface area contributed by atoms with Gasteiger partial charge in [-0.2, -0.15) is 0 Å². The Bertz CT molecular complexity index is 574.